The molecule has 0 unspecified atom stereocenters. The molecule has 2 rings (SSSR count). The lowest BCUT2D eigenvalue weighted by molar-refractivity contribution is -0.122. The number of pyridine rings is 1. The molecule has 1 aromatic heterocycles. The SMILES string of the molecule is COC[C@H](C)NC(=O)Cn1ccc(=O)c2c(C)cc(C)cc21. The van der Waals surface area contributed by atoms with E-state index in [4.69, 9.17) is 4.74 Å². The number of ether oxygens (including phenoxy) is 1. The fraction of sp³-hybridized carbons (Fsp3) is 0.412. The molecule has 0 fully saturated rings. The summed E-state index contributed by atoms with van der Waals surface area (Å²) in [6, 6.07) is 5.38. The number of amides is 1. The summed E-state index contributed by atoms with van der Waals surface area (Å²) in [7, 11) is 1.60. The zero-order valence-corrected chi connectivity index (χ0v) is 13.5. The highest BCUT2D eigenvalue weighted by molar-refractivity contribution is 5.85. The summed E-state index contributed by atoms with van der Waals surface area (Å²) < 4.78 is 6.82. The summed E-state index contributed by atoms with van der Waals surface area (Å²) in [5.74, 6) is -0.103. The van der Waals surface area contributed by atoms with Gasteiger partial charge in [-0.25, -0.2) is 0 Å². The Bertz CT molecular complexity index is 749. The second-order valence-electron chi connectivity index (χ2n) is 5.71. The van der Waals surface area contributed by atoms with Crippen molar-refractivity contribution in [2.75, 3.05) is 13.7 Å². The Kier molecular flexibility index (Phi) is 4.98. The lowest BCUT2D eigenvalue weighted by Crippen LogP contribution is -2.37. The van der Waals surface area contributed by atoms with Gasteiger partial charge in [-0.3, -0.25) is 9.59 Å². The highest BCUT2D eigenvalue weighted by Gasteiger charge is 2.11. The van der Waals surface area contributed by atoms with Gasteiger partial charge >= 0.3 is 0 Å². The van der Waals surface area contributed by atoms with Crippen LogP contribution in [0.2, 0.25) is 0 Å². The molecule has 0 aliphatic heterocycles. The van der Waals surface area contributed by atoms with Gasteiger partial charge in [0.15, 0.2) is 5.43 Å². The van der Waals surface area contributed by atoms with Crippen LogP contribution in [0.15, 0.2) is 29.2 Å². The van der Waals surface area contributed by atoms with Crippen molar-refractivity contribution in [3.63, 3.8) is 0 Å². The van der Waals surface area contributed by atoms with Crippen LogP contribution in [0.4, 0.5) is 0 Å². The third kappa shape index (κ3) is 3.54. The second-order valence-corrected chi connectivity index (χ2v) is 5.71. The van der Waals surface area contributed by atoms with Crippen molar-refractivity contribution in [1.29, 1.82) is 0 Å². The van der Waals surface area contributed by atoms with Gasteiger partial charge < -0.3 is 14.6 Å². The first kappa shape index (κ1) is 16.2. The smallest absolute Gasteiger partial charge is 0.240 e. The Balaban J connectivity index is 2.34. The number of nitrogens with zero attached hydrogens (tertiary/aromatic N) is 1. The summed E-state index contributed by atoms with van der Waals surface area (Å²) in [5.41, 5.74) is 2.77. The van der Waals surface area contributed by atoms with Crippen LogP contribution in [0, 0.1) is 13.8 Å². The molecule has 5 nitrogen and oxygen atoms in total. The molecule has 0 aliphatic carbocycles. The number of rotatable bonds is 5. The Morgan fingerprint density at radius 3 is 2.77 bits per heavy atom. The average molecular weight is 302 g/mol. The van der Waals surface area contributed by atoms with Gasteiger partial charge in [-0.15, -0.1) is 0 Å². The summed E-state index contributed by atoms with van der Waals surface area (Å²) in [5, 5.41) is 3.55. The van der Waals surface area contributed by atoms with Gasteiger partial charge in [-0.05, 0) is 38.0 Å². The van der Waals surface area contributed by atoms with Gasteiger partial charge in [0, 0.05) is 30.8 Å². The summed E-state index contributed by atoms with van der Waals surface area (Å²) in [6.45, 7) is 6.43. The molecule has 0 radical (unpaired) electrons. The molecule has 0 saturated carbocycles. The van der Waals surface area contributed by atoms with Crippen LogP contribution in [0.3, 0.4) is 0 Å². The summed E-state index contributed by atoms with van der Waals surface area (Å²) >= 11 is 0. The zero-order valence-electron chi connectivity index (χ0n) is 13.5. The number of nitrogens with one attached hydrogen (secondary N) is 1. The quantitative estimate of drug-likeness (QED) is 0.915. The minimum Gasteiger partial charge on any atom is -0.383 e. The molecule has 22 heavy (non-hydrogen) atoms. The molecule has 0 saturated heterocycles. The van der Waals surface area contributed by atoms with Crippen LogP contribution in [-0.2, 0) is 16.1 Å². The molecular weight excluding hydrogens is 280 g/mol. The highest BCUT2D eigenvalue weighted by Crippen LogP contribution is 2.17. The molecule has 2 aromatic rings. The lowest BCUT2D eigenvalue weighted by atomic mass is 10.1. The van der Waals surface area contributed by atoms with Crippen LogP contribution in [-0.4, -0.2) is 30.2 Å². The lowest BCUT2D eigenvalue weighted by Gasteiger charge is -2.16. The zero-order chi connectivity index (χ0) is 16.3. The van der Waals surface area contributed by atoms with Crippen molar-refractivity contribution in [3.05, 3.63) is 45.7 Å². The molecule has 0 aliphatic rings. The van der Waals surface area contributed by atoms with E-state index >= 15 is 0 Å². The Morgan fingerprint density at radius 2 is 2.09 bits per heavy atom. The molecule has 5 heteroatoms. The van der Waals surface area contributed by atoms with E-state index in [1.165, 1.54) is 6.07 Å². The van der Waals surface area contributed by atoms with Gasteiger partial charge in [0.05, 0.1) is 12.1 Å². The first-order valence-corrected chi connectivity index (χ1v) is 7.31. The molecule has 1 amide bonds. The van der Waals surface area contributed by atoms with E-state index in [9.17, 15) is 9.59 Å². The summed E-state index contributed by atoms with van der Waals surface area (Å²) in [4.78, 5) is 24.2. The van der Waals surface area contributed by atoms with Crippen molar-refractivity contribution in [2.24, 2.45) is 0 Å². The molecule has 118 valence electrons. The maximum absolute atomic E-state index is 12.1. The van der Waals surface area contributed by atoms with E-state index < -0.39 is 0 Å². The Hall–Kier alpha value is -2.14. The van der Waals surface area contributed by atoms with E-state index in [1.807, 2.05) is 37.5 Å². The number of methoxy groups -OCH3 is 1. The van der Waals surface area contributed by atoms with E-state index in [1.54, 1.807) is 13.3 Å². The van der Waals surface area contributed by atoms with Gasteiger partial charge in [0.1, 0.15) is 6.54 Å². The van der Waals surface area contributed by atoms with Crippen LogP contribution < -0.4 is 10.7 Å². The number of aromatic nitrogens is 1. The van der Waals surface area contributed by atoms with Crippen molar-refractivity contribution < 1.29 is 9.53 Å². The minimum atomic E-state index is -0.103. The minimum absolute atomic E-state index is 0.0168. The molecule has 1 aromatic carbocycles. The maximum atomic E-state index is 12.1. The molecule has 1 heterocycles. The fourth-order valence-electron chi connectivity index (χ4n) is 2.72. The highest BCUT2D eigenvalue weighted by atomic mass is 16.5. The number of hydrogen-bond donors (Lipinski definition) is 1. The predicted molar refractivity (Wildman–Crippen MR) is 87.2 cm³/mol. The third-order valence-electron chi connectivity index (χ3n) is 3.56. The third-order valence-corrected chi connectivity index (χ3v) is 3.56. The topological polar surface area (TPSA) is 60.3 Å². The van der Waals surface area contributed by atoms with Gasteiger partial charge in [0.2, 0.25) is 5.91 Å². The van der Waals surface area contributed by atoms with Gasteiger partial charge in [0.25, 0.3) is 0 Å². The first-order valence-electron chi connectivity index (χ1n) is 7.31. The number of benzene rings is 1. The van der Waals surface area contributed by atoms with Gasteiger partial charge in [-0.2, -0.15) is 0 Å². The van der Waals surface area contributed by atoms with E-state index in [-0.39, 0.29) is 23.9 Å². The predicted octanol–water partition coefficient (Wildman–Crippen LogP) is 1.77. The van der Waals surface area contributed by atoms with Crippen LogP contribution in [0.5, 0.6) is 0 Å². The van der Waals surface area contributed by atoms with Gasteiger partial charge in [-0.1, -0.05) is 6.07 Å². The molecule has 1 atom stereocenters. The second kappa shape index (κ2) is 6.75. The number of hydrogen-bond acceptors (Lipinski definition) is 3. The molecule has 0 bridgehead atoms. The van der Waals surface area contributed by atoms with E-state index in [2.05, 4.69) is 5.32 Å². The van der Waals surface area contributed by atoms with Crippen molar-refractivity contribution in [3.8, 4) is 0 Å². The number of fused-ring (bicyclic) bond motifs is 1. The Morgan fingerprint density at radius 1 is 1.36 bits per heavy atom. The largest absolute Gasteiger partial charge is 0.383 e. The standard InChI is InChI=1S/C17H22N2O3/c1-11-7-12(2)17-14(8-11)19(6-5-15(17)20)9-16(21)18-13(3)10-22-4/h5-8,13H,9-10H2,1-4H3,(H,18,21)/t13-/m0/s1. The normalized spacial score (nSPS) is 12.4. The average Bonchev–Trinajstić information content (AvgIpc) is 2.41. The number of carbonyl (C=O) groups excluding carboxylic acids is 1. The van der Waals surface area contributed by atoms with Crippen molar-refractivity contribution in [1.82, 2.24) is 9.88 Å². The van der Waals surface area contributed by atoms with Crippen molar-refractivity contribution in [2.45, 2.75) is 33.4 Å². The monoisotopic (exact) mass is 302 g/mol. The van der Waals surface area contributed by atoms with Crippen LogP contribution >= 0.6 is 0 Å². The van der Waals surface area contributed by atoms with Crippen molar-refractivity contribution >= 4 is 16.8 Å². The fourth-order valence-corrected chi connectivity index (χ4v) is 2.72. The number of carbonyl (C=O) groups is 1. The molecule has 1 N–H and O–H groups in total. The van der Waals surface area contributed by atoms with E-state index in [0.717, 1.165) is 16.6 Å². The first-order chi connectivity index (χ1) is 10.4. The maximum Gasteiger partial charge on any atom is 0.240 e. The molecule has 0 spiro atoms. The number of aryl methyl sites for hydroxylation is 2. The van der Waals surface area contributed by atoms with Crippen LogP contribution in [0.1, 0.15) is 18.1 Å². The van der Waals surface area contributed by atoms with E-state index in [0.29, 0.717) is 12.0 Å². The molecular formula is C17H22N2O3. The van der Waals surface area contributed by atoms with Crippen LogP contribution in [0.25, 0.3) is 10.9 Å². The summed E-state index contributed by atoms with van der Waals surface area (Å²) in [6.07, 6.45) is 1.67. The Labute approximate surface area is 129 Å².